The van der Waals surface area contributed by atoms with Gasteiger partial charge in [0.05, 0.1) is 23.4 Å². The molecule has 4 N–H and O–H groups in total. The first-order valence-corrected chi connectivity index (χ1v) is 13.6. The third kappa shape index (κ3) is 5.82. The van der Waals surface area contributed by atoms with Crippen molar-refractivity contribution in [2.45, 2.75) is 37.7 Å². The lowest BCUT2D eigenvalue weighted by Crippen LogP contribution is -2.50. The lowest BCUT2D eigenvalue weighted by molar-refractivity contribution is -0.384. The lowest BCUT2D eigenvalue weighted by Gasteiger charge is -2.35. The summed E-state index contributed by atoms with van der Waals surface area (Å²) in [5, 5.41) is 16.9. The van der Waals surface area contributed by atoms with Gasteiger partial charge in [0.1, 0.15) is 12.4 Å². The monoisotopic (exact) mass is 578 g/mol. The standard InChI is InChI=1S/C25H32ClFN8O5/c1-33-4-6-34(7-5-33)19-3-2-15(35(38)39)8-14(19)12-40-25(37)30-18-10-13-9-16(18)21(20(13)22(28)36)31-23-17(27)11-29-24(26)32-23/h2-3,8,13,16-18,20-21H,4-7,9-12H2,1H3,(H2,28,36)(H,30,37)(H,29,31,32). The van der Waals surface area contributed by atoms with Crippen LogP contribution in [-0.4, -0.2) is 91.0 Å². The normalized spacial score (nSPS) is 31.0. The Hall–Kier alpha value is -3.52. The minimum absolute atomic E-state index is 0.00719. The fraction of sp³-hybridized carbons (Fsp3) is 0.600. The van der Waals surface area contributed by atoms with E-state index in [4.69, 9.17) is 22.1 Å². The van der Waals surface area contributed by atoms with Crippen molar-refractivity contribution in [1.29, 1.82) is 0 Å². The molecular formula is C25H32ClFN8O5. The number of nitrogens with two attached hydrogens (primary N) is 1. The van der Waals surface area contributed by atoms with Crippen molar-refractivity contribution in [2.24, 2.45) is 33.5 Å². The van der Waals surface area contributed by atoms with Gasteiger partial charge in [0, 0.05) is 61.5 Å². The number of non-ortho nitro benzene ring substituents is 1. The van der Waals surface area contributed by atoms with Gasteiger partial charge in [0.25, 0.3) is 5.69 Å². The molecule has 2 bridgehead atoms. The summed E-state index contributed by atoms with van der Waals surface area (Å²) in [7, 11) is 2.03. The summed E-state index contributed by atoms with van der Waals surface area (Å²) >= 11 is 5.90. The highest BCUT2D eigenvalue weighted by Gasteiger charge is 2.55. The number of alkyl halides is 1. The van der Waals surface area contributed by atoms with Crippen LogP contribution in [0.25, 0.3) is 0 Å². The smallest absolute Gasteiger partial charge is 0.407 e. The molecule has 15 heteroatoms. The maximum absolute atomic E-state index is 14.5. The van der Waals surface area contributed by atoms with Gasteiger partial charge in [-0.1, -0.05) is 0 Å². The molecule has 2 saturated carbocycles. The predicted molar refractivity (Wildman–Crippen MR) is 146 cm³/mol. The molecule has 5 rings (SSSR count). The van der Waals surface area contributed by atoms with E-state index in [1.807, 2.05) is 7.05 Å². The molecule has 2 amide bonds. The Morgan fingerprint density at radius 2 is 2.08 bits per heavy atom. The Bertz CT molecular complexity index is 1240. The Labute approximate surface area is 235 Å². The topological polar surface area (TPSA) is 168 Å². The largest absolute Gasteiger partial charge is 0.445 e. The minimum atomic E-state index is -1.49. The number of carbonyl (C=O) groups excluding carboxylic acids is 2. The Balaban J connectivity index is 1.27. The summed E-state index contributed by atoms with van der Waals surface area (Å²) in [6.07, 6.45) is -1.08. The summed E-state index contributed by atoms with van der Waals surface area (Å²) in [6.45, 7) is 2.85. The van der Waals surface area contributed by atoms with Crippen LogP contribution >= 0.6 is 11.6 Å². The molecule has 1 aromatic rings. The number of primary amides is 1. The molecule has 6 atom stereocenters. The van der Waals surface area contributed by atoms with Crippen molar-refractivity contribution < 1.29 is 23.6 Å². The number of fused-ring (bicyclic) bond motifs is 2. The SMILES string of the molecule is CN1CCN(c2ccc([N+](=O)[O-])cc2COC(=O)NC2CC3CC2C(N=C2NC(Cl)=NCC2F)C3C(N)=O)CC1. The maximum Gasteiger partial charge on any atom is 0.407 e. The summed E-state index contributed by atoms with van der Waals surface area (Å²) in [5.41, 5.74) is 6.92. The van der Waals surface area contributed by atoms with Crippen LogP contribution in [0.1, 0.15) is 18.4 Å². The number of nitrogens with one attached hydrogen (secondary N) is 2. The van der Waals surface area contributed by atoms with Crippen LogP contribution in [-0.2, 0) is 16.1 Å². The molecule has 40 heavy (non-hydrogen) atoms. The number of aliphatic imine (C=N–C) groups is 2. The van der Waals surface area contributed by atoms with E-state index < -0.39 is 35.1 Å². The van der Waals surface area contributed by atoms with Crippen LogP contribution in [0.4, 0.5) is 20.6 Å². The Kier molecular flexibility index (Phi) is 8.08. The van der Waals surface area contributed by atoms with Crippen molar-refractivity contribution in [3.8, 4) is 0 Å². The number of carbonyl (C=O) groups is 2. The number of halogens is 2. The van der Waals surface area contributed by atoms with Crippen LogP contribution in [0.2, 0.25) is 0 Å². The van der Waals surface area contributed by atoms with E-state index in [1.54, 1.807) is 6.07 Å². The van der Waals surface area contributed by atoms with Gasteiger partial charge in [-0.05, 0) is 43.5 Å². The molecule has 216 valence electrons. The zero-order chi connectivity index (χ0) is 28.6. The van der Waals surface area contributed by atoms with Crippen LogP contribution < -0.4 is 21.3 Å². The van der Waals surface area contributed by atoms with Crippen molar-refractivity contribution in [1.82, 2.24) is 15.5 Å². The number of anilines is 1. The van der Waals surface area contributed by atoms with E-state index in [-0.39, 0.29) is 47.8 Å². The van der Waals surface area contributed by atoms with Gasteiger partial charge in [-0.15, -0.1) is 0 Å². The van der Waals surface area contributed by atoms with Crippen LogP contribution in [0.5, 0.6) is 0 Å². The molecule has 4 aliphatic rings. The van der Waals surface area contributed by atoms with Crippen LogP contribution in [0.3, 0.4) is 0 Å². The third-order valence-corrected chi connectivity index (χ3v) is 8.49. The number of amidine groups is 2. The summed E-state index contributed by atoms with van der Waals surface area (Å²) in [4.78, 5) is 48.7. The number of amides is 2. The molecule has 3 fully saturated rings. The highest BCUT2D eigenvalue weighted by Crippen LogP contribution is 2.50. The molecule has 2 heterocycles. The molecule has 0 radical (unpaired) electrons. The molecule has 2 aliphatic carbocycles. The highest BCUT2D eigenvalue weighted by molar-refractivity contribution is 6.66. The van der Waals surface area contributed by atoms with E-state index in [0.29, 0.717) is 18.4 Å². The van der Waals surface area contributed by atoms with Crippen LogP contribution in [0, 0.1) is 27.9 Å². The van der Waals surface area contributed by atoms with Crippen molar-refractivity contribution in [3.05, 3.63) is 33.9 Å². The van der Waals surface area contributed by atoms with E-state index in [0.717, 1.165) is 31.9 Å². The first-order valence-electron chi connectivity index (χ1n) is 13.2. The number of rotatable bonds is 7. The van der Waals surface area contributed by atoms with Gasteiger partial charge in [0.2, 0.25) is 5.91 Å². The van der Waals surface area contributed by atoms with E-state index in [9.17, 15) is 24.1 Å². The molecule has 1 saturated heterocycles. The van der Waals surface area contributed by atoms with Gasteiger partial charge in [-0.3, -0.25) is 24.9 Å². The van der Waals surface area contributed by atoms with Gasteiger partial charge in [0.15, 0.2) is 11.5 Å². The van der Waals surface area contributed by atoms with Crippen molar-refractivity contribution in [3.63, 3.8) is 0 Å². The number of nitro groups is 1. The number of nitro benzene ring substituents is 1. The summed E-state index contributed by atoms with van der Waals surface area (Å²) < 4.78 is 20.0. The minimum Gasteiger partial charge on any atom is -0.445 e. The number of hydrogen-bond acceptors (Lipinski definition) is 9. The van der Waals surface area contributed by atoms with E-state index in [2.05, 4.69) is 30.4 Å². The molecule has 0 spiro atoms. The zero-order valence-corrected chi connectivity index (χ0v) is 22.7. The number of nitrogens with zero attached hydrogens (tertiary/aromatic N) is 5. The Morgan fingerprint density at radius 1 is 1.32 bits per heavy atom. The quantitative estimate of drug-likeness (QED) is 0.248. The predicted octanol–water partition coefficient (Wildman–Crippen LogP) is 1.39. The number of benzene rings is 1. The first-order chi connectivity index (χ1) is 19.1. The molecular weight excluding hydrogens is 547 g/mol. The van der Waals surface area contributed by atoms with Crippen molar-refractivity contribution in [2.75, 3.05) is 44.7 Å². The molecule has 13 nitrogen and oxygen atoms in total. The Morgan fingerprint density at radius 3 is 2.77 bits per heavy atom. The van der Waals surface area contributed by atoms with Gasteiger partial charge < -0.3 is 30.9 Å². The number of likely N-dealkylation sites (N-methyl/N-ethyl adjacent to an activating group) is 1. The van der Waals surface area contributed by atoms with Crippen LogP contribution in [0.15, 0.2) is 28.2 Å². The highest BCUT2D eigenvalue weighted by atomic mass is 35.5. The first kappa shape index (κ1) is 28.0. The lowest BCUT2D eigenvalue weighted by atomic mass is 9.81. The molecule has 0 aromatic heterocycles. The molecule has 6 unspecified atom stereocenters. The fourth-order valence-electron chi connectivity index (χ4n) is 6.31. The third-order valence-electron chi connectivity index (χ3n) is 8.28. The summed E-state index contributed by atoms with van der Waals surface area (Å²) in [6, 6.07) is 3.57. The number of alkyl carbamates (subject to hydrolysis) is 1. The molecule has 1 aromatic carbocycles. The fourth-order valence-corrected chi connectivity index (χ4v) is 6.47. The number of piperazine rings is 1. The van der Waals surface area contributed by atoms with Gasteiger partial charge in [-0.25, -0.2) is 9.18 Å². The second-order valence-corrected chi connectivity index (χ2v) is 11.1. The second kappa shape index (κ2) is 11.5. The maximum atomic E-state index is 14.5. The average molecular weight is 579 g/mol. The molecule has 2 aliphatic heterocycles. The number of hydrogen-bond donors (Lipinski definition) is 3. The van der Waals surface area contributed by atoms with E-state index >= 15 is 0 Å². The van der Waals surface area contributed by atoms with Crippen molar-refractivity contribution >= 4 is 46.1 Å². The van der Waals surface area contributed by atoms with E-state index in [1.165, 1.54) is 12.1 Å². The zero-order valence-electron chi connectivity index (χ0n) is 22.0. The number of ether oxygens (including phenoxy) is 1. The van der Waals surface area contributed by atoms with Gasteiger partial charge in [-0.2, -0.15) is 0 Å². The summed E-state index contributed by atoms with van der Waals surface area (Å²) in [5.74, 6) is -1.49. The van der Waals surface area contributed by atoms with Gasteiger partial charge >= 0.3 is 6.09 Å². The second-order valence-electron chi connectivity index (χ2n) is 10.7. The average Bonchev–Trinajstić information content (AvgIpc) is 3.48.